The average Bonchev–Trinajstić information content (AvgIpc) is 2.52. The van der Waals surface area contributed by atoms with Gasteiger partial charge in [0, 0.05) is 41.5 Å². The number of pyridine rings is 2. The molecule has 0 radical (unpaired) electrons. The lowest BCUT2D eigenvalue weighted by molar-refractivity contribution is 0.690. The van der Waals surface area contributed by atoms with E-state index in [0.717, 1.165) is 28.5 Å². The second-order valence-electron chi connectivity index (χ2n) is 5.01. The van der Waals surface area contributed by atoms with Crippen molar-refractivity contribution in [1.29, 1.82) is 0 Å². The summed E-state index contributed by atoms with van der Waals surface area (Å²) in [6.07, 6.45) is 5.58. The summed E-state index contributed by atoms with van der Waals surface area (Å²) in [7, 11) is 0. The lowest BCUT2D eigenvalue weighted by atomic mass is 10.1. The SMILES string of the molecule is Cc1ccncc1CNCc1ccc(Br)c2cccnc12. The molecule has 0 fully saturated rings. The molecule has 0 saturated carbocycles. The average molecular weight is 342 g/mol. The van der Waals surface area contributed by atoms with E-state index in [1.807, 2.05) is 30.7 Å². The van der Waals surface area contributed by atoms with Crippen molar-refractivity contribution in [3.05, 3.63) is 70.1 Å². The van der Waals surface area contributed by atoms with Crippen molar-refractivity contribution in [3.8, 4) is 0 Å². The van der Waals surface area contributed by atoms with Crippen LogP contribution < -0.4 is 5.32 Å². The highest BCUT2D eigenvalue weighted by molar-refractivity contribution is 9.10. The van der Waals surface area contributed by atoms with Crippen LogP contribution >= 0.6 is 15.9 Å². The Hall–Kier alpha value is -1.78. The summed E-state index contributed by atoms with van der Waals surface area (Å²) in [6, 6.07) is 10.3. The molecule has 106 valence electrons. The first-order chi connectivity index (χ1) is 10.3. The summed E-state index contributed by atoms with van der Waals surface area (Å²) in [5.41, 5.74) is 4.74. The molecule has 0 aliphatic heterocycles. The third-order valence-corrected chi connectivity index (χ3v) is 4.27. The summed E-state index contributed by atoms with van der Waals surface area (Å²) in [6.45, 7) is 3.70. The predicted molar refractivity (Wildman–Crippen MR) is 89.0 cm³/mol. The zero-order chi connectivity index (χ0) is 14.7. The van der Waals surface area contributed by atoms with Crippen LogP contribution in [0.4, 0.5) is 0 Å². The summed E-state index contributed by atoms with van der Waals surface area (Å²) in [5.74, 6) is 0. The molecule has 0 saturated heterocycles. The number of benzene rings is 1. The smallest absolute Gasteiger partial charge is 0.0758 e. The first-order valence-electron chi connectivity index (χ1n) is 6.88. The van der Waals surface area contributed by atoms with E-state index in [1.165, 1.54) is 16.7 Å². The van der Waals surface area contributed by atoms with Crippen molar-refractivity contribution in [2.24, 2.45) is 0 Å². The topological polar surface area (TPSA) is 37.8 Å². The summed E-state index contributed by atoms with van der Waals surface area (Å²) < 4.78 is 1.08. The monoisotopic (exact) mass is 341 g/mol. The van der Waals surface area contributed by atoms with Crippen LogP contribution in [-0.2, 0) is 13.1 Å². The maximum Gasteiger partial charge on any atom is 0.0758 e. The third kappa shape index (κ3) is 3.12. The van der Waals surface area contributed by atoms with Gasteiger partial charge in [0.1, 0.15) is 0 Å². The van der Waals surface area contributed by atoms with Crippen molar-refractivity contribution in [1.82, 2.24) is 15.3 Å². The molecule has 3 aromatic rings. The number of aromatic nitrogens is 2. The number of hydrogen-bond acceptors (Lipinski definition) is 3. The van der Waals surface area contributed by atoms with Crippen LogP contribution in [0.3, 0.4) is 0 Å². The van der Waals surface area contributed by atoms with E-state index in [-0.39, 0.29) is 0 Å². The molecule has 0 amide bonds. The van der Waals surface area contributed by atoms with Crippen LogP contribution in [0.25, 0.3) is 10.9 Å². The Morgan fingerprint density at radius 1 is 1.05 bits per heavy atom. The number of halogens is 1. The molecule has 21 heavy (non-hydrogen) atoms. The maximum atomic E-state index is 4.50. The van der Waals surface area contributed by atoms with Gasteiger partial charge in [-0.3, -0.25) is 9.97 Å². The highest BCUT2D eigenvalue weighted by Crippen LogP contribution is 2.25. The van der Waals surface area contributed by atoms with Gasteiger partial charge >= 0.3 is 0 Å². The standard InChI is InChI=1S/C17H16BrN3/c1-12-6-8-19-10-14(12)11-20-9-13-4-5-16(18)15-3-2-7-21-17(13)15/h2-8,10,20H,9,11H2,1H3. The predicted octanol–water partition coefficient (Wildman–Crippen LogP) is 3.99. The zero-order valence-electron chi connectivity index (χ0n) is 11.8. The molecule has 0 spiro atoms. The van der Waals surface area contributed by atoms with Crippen LogP contribution in [0.5, 0.6) is 0 Å². The second kappa shape index (κ2) is 6.33. The van der Waals surface area contributed by atoms with Crippen molar-refractivity contribution in [2.45, 2.75) is 20.0 Å². The van der Waals surface area contributed by atoms with Crippen LogP contribution in [0.1, 0.15) is 16.7 Å². The molecule has 3 rings (SSSR count). The van der Waals surface area contributed by atoms with E-state index >= 15 is 0 Å². The van der Waals surface area contributed by atoms with E-state index in [2.05, 4.69) is 56.3 Å². The minimum absolute atomic E-state index is 0.787. The van der Waals surface area contributed by atoms with Crippen molar-refractivity contribution < 1.29 is 0 Å². The van der Waals surface area contributed by atoms with E-state index in [4.69, 9.17) is 0 Å². The van der Waals surface area contributed by atoms with E-state index in [9.17, 15) is 0 Å². The molecule has 1 aromatic carbocycles. The van der Waals surface area contributed by atoms with Crippen molar-refractivity contribution >= 4 is 26.8 Å². The van der Waals surface area contributed by atoms with Gasteiger partial charge in [-0.2, -0.15) is 0 Å². The highest BCUT2D eigenvalue weighted by Gasteiger charge is 2.05. The fourth-order valence-corrected chi connectivity index (χ4v) is 2.80. The Balaban J connectivity index is 1.77. The minimum atomic E-state index is 0.787. The largest absolute Gasteiger partial charge is 0.308 e. The van der Waals surface area contributed by atoms with E-state index in [1.54, 1.807) is 0 Å². The Bertz CT molecular complexity index is 771. The van der Waals surface area contributed by atoms with E-state index in [0.29, 0.717) is 0 Å². The Morgan fingerprint density at radius 2 is 1.90 bits per heavy atom. The molecule has 3 nitrogen and oxygen atoms in total. The third-order valence-electron chi connectivity index (χ3n) is 3.58. The van der Waals surface area contributed by atoms with Crippen LogP contribution in [0.2, 0.25) is 0 Å². The fourth-order valence-electron chi connectivity index (χ4n) is 2.35. The first-order valence-corrected chi connectivity index (χ1v) is 7.67. The number of nitrogens with one attached hydrogen (secondary N) is 1. The molecule has 0 aliphatic carbocycles. The number of fused-ring (bicyclic) bond motifs is 1. The normalized spacial score (nSPS) is 11.0. The van der Waals surface area contributed by atoms with Gasteiger partial charge in [0.15, 0.2) is 0 Å². The summed E-state index contributed by atoms with van der Waals surface area (Å²) in [5, 5.41) is 4.62. The van der Waals surface area contributed by atoms with Gasteiger partial charge in [-0.25, -0.2) is 0 Å². The molecular formula is C17H16BrN3. The minimum Gasteiger partial charge on any atom is -0.308 e. The number of rotatable bonds is 4. The number of nitrogens with zero attached hydrogens (tertiary/aromatic N) is 2. The molecule has 2 heterocycles. The molecule has 0 aliphatic rings. The van der Waals surface area contributed by atoms with Gasteiger partial charge in [0.25, 0.3) is 0 Å². The van der Waals surface area contributed by atoms with E-state index < -0.39 is 0 Å². The molecule has 4 heteroatoms. The second-order valence-corrected chi connectivity index (χ2v) is 5.87. The maximum absolute atomic E-state index is 4.50. The number of aryl methyl sites for hydroxylation is 1. The molecule has 1 N–H and O–H groups in total. The van der Waals surface area contributed by atoms with Gasteiger partial charge in [-0.15, -0.1) is 0 Å². The number of hydrogen-bond donors (Lipinski definition) is 1. The first kappa shape index (κ1) is 14.2. The highest BCUT2D eigenvalue weighted by atomic mass is 79.9. The molecule has 0 atom stereocenters. The van der Waals surface area contributed by atoms with Crippen molar-refractivity contribution in [2.75, 3.05) is 0 Å². The lowest BCUT2D eigenvalue weighted by Crippen LogP contribution is -2.14. The zero-order valence-corrected chi connectivity index (χ0v) is 13.4. The summed E-state index contributed by atoms with van der Waals surface area (Å²) in [4.78, 5) is 8.68. The Morgan fingerprint density at radius 3 is 2.76 bits per heavy atom. The summed E-state index contributed by atoms with van der Waals surface area (Å²) >= 11 is 3.58. The van der Waals surface area contributed by atoms with Crippen LogP contribution in [-0.4, -0.2) is 9.97 Å². The molecule has 0 unspecified atom stereocenters. The van der Waals surface area contributed by atoms with Crippen LogP contribution in [0.15, 0.2) is 53.4 Å². The van der Waals surface area contributed by atoms with Gasteiger partial charge in [-0.05, 0) is 41.8 Å². The van der Waals surface area contributed by atoms with Gasteiger partial charge in [-0.1, -0.05) is 28.1 Å². The molecule has 0 bridgehead atoms. The Kier molecular flexibility index (Phi) is 4.27. The van der Waals surface area contributed by atoms with Crippen molar-refractivity contribution in [3.63, 3.8) is 0 Å². The lowest BCUT2D eigenvalue weighted by Gasteiger charge is -2.10. The van der Waals surface area contributed by atoms with Gasteiger partial charge in [0.05, 0.1) is 5.52 Å². The fraction of sp³-hybridized carbons (Fsp3) is 0.176. The van der Waals surface area contributed by atoms with Gasteiger partial charge in [0.2, 0.25) is 0 Å². The Labute approximate surface area is 132 Å². The molecular weight excluding hydrogens is 326 g/mol. The van der Waals surface area contributed by atoms with Crippen LogP contribution in [0, 0.1) is 6.92 Å². The molecule has 2 aromatic heterocycles. The quantitative estimate of drug-likeness (QED) is 0.779. The van der Waals surface area contributed by atoms with Gasteiger partial charge < -0.3 is 5.32 Å².